The number of hydrogen-bond donors (Lipinski definition) is 1. The molecule has 1 fully saturated rings. The van der Waals surface area contributed by atoms with E-state index < -0.39 is 5.60 Å². The van der Waals surface area contributed by atoms with Crippen LogP contribution in [-0.4, -0.2) is 12.2 Å². The quantitative estimate of drug-likeness (QED) is 0.871. The summed E-state index contributed by atoms with van der Waals surface area (Å²) in [5.41, 5.74) is 1.84. The minimum atomic E-state index is -0.689. The van der Waals surface area contributed by atoms with E-state index in [1.807, 2.05) is 18.2 Å². The highest BCUT2D eigenvalue weighted by atomic mass is 16.5. The van der Waals surface area contributed by atoms with Crippen LogP contribution in [0.25, 0.3) is 0 Å². The molecule has 1 N–H and O–H groups in total. The summed E-state index contributed by atoms with van der Waals surface area (Å²) in [4.78, 5) is 0. The number of aliphatic hydroxyl groups is 1. The van der Waals surface area contributed by atoms with Gasteiger partial charge >= 0.3 is 0 Å². The number of benzene rings is 1. The molecule has 0 aromatic heterocycles. The lowest BCUT2D eigenvalue weighted by Crippen LogP contribution is -2.42. The van der Waals surface area contributed by atoms with Crippen molar-refractivity contribution in [2.24, 2.45) is 11.3 Å². The molecule has 1 aliphatic rings. The van der Waals surface area contributed by atoms with Crippen molar-refractivity contribution in [3.8, 4) is 5.75 Å². The van der Waals surface area contributed by atoms with Crippen molar-refractivity contribution in [3.63, 3.8) is 0 Å². The fraction of sp³-hybridized carbons (Fsp3) is 0.647. The third-order valence-corrected chi connectivity index (χ3v) is 4.76. The van der Waals surface area contributed by atoms with Crippen molar-refractivity contribution in [3.05, 3.63) is 29.3 Å². The first-order valence-corrected chi connectivity index (χ1v) is 7.16. The van der Waals surface area contributed by atoms with Gasteiger partial charge in [-0.2, -0.15) is 0 Å². The van der Waals surface area contributed by atoms with Gasteiger partial charge in [0.15, 0.2) is 0 Å². The third kappa shape index (κ3) is 2.64. The smallest absolute Gasteiger partial charge is 0.119 e. The van der Waals surface area contributed by atoms with Gasteiger partial charge in [-0.1, -0.05) is 26.8 Å². The number of rotatable bonds is 2. The number of hydrogen-bond acceptors (Lipinski definition) is 2. The van der Waals surface area contributed by atoms with Crippen molar-refractivity contribution in [2.75, 3.05) is 7.11 Å². The van der Waals surface area contributed by atoms with Gasteiger partial charge in [0.05, 0.1) is 12.7 Å². The van der Waals surface area contributed by atoms with Crippen LogP contribution in [-0.2, 0) is 5.60 Å². The van der Waals surface area contributed by atoms with Gasteiger partial charge in [0.25, 0.3) is 0 Å². The zero-order valence-electron chi connectivity index (χ0n) is 12.8. The molecule has 0 bridgehead atoms. The second-order valence-electron chi connectivity index (χ2n) is 6.87. The first kappa shape index (κ1) is 14.4. The molecule has 106 valence electrons. The van der Waals surface area contributed by atoms with Crippen LogP contribution in [0.5, 0.6) is 5.75 Å². The minimum Gasteiger partial charge on any atom is -0.497 e. The van der Waals surface area contributed by atoms with Gasteiger partial charge in [-0.05, 0) is 60.8 Å². The predicted octanol–water partition coefficient (Wildman–Crippen LogP) is 4.04. The molecule has 2 rings (SSSR count). The molecule has 0 saturated heterocycles. The SMILES string of the molecule is COc1ccc(C2(O)CCC(C)(C)CC2C)c(C)c1. The summed E-state index contributed by atoms with van der Waals surface area (Å²) in [7, 11) is 1.68. The Morgan fingerprint density at radius 2 is 1.95 bits per heavy atom. The molecular weight excluding hydrogens is 236 g/mol. The molecule has 1 saturated carbocycles. The van der Waals surface area contributed by atoms with Gasteiger partial charge in [-0.15, -0.1) is 0 Å². The Hall–Kier alpha value is -1.02. The van der Waals surface area contributed by atoms with E-state index in [9.17, 15) is 5.11 Å². The average molecular weight is 262 g/mol. The van der Waals surface area contributed by atoms with Crippen molar-refractivity contribution in [1.82, 2.24) is 0 Å². The van der Waals surface area contributed by atoms with Gasteiger partial charge in [0.2, 0.25) is 0 Å². The maximum absolute atomic E-state index is 11.1. The van der Waals surface area contributed by atoms with Crippen LogP contribution in [0.1, 0.15) is 51.2 Å². The molecule has 0 aliphatic heterocycles. The molecule has 19 heavy (non-hydrogen) atoms. The third-order valence-electron chi connectivity index (χ3n) is 4.76. The second kappa shape index (κ2) is 4.82. The fourth-order valence-electron chi connectivity index (χ4n) is 3.52. The lowest BCUT2D eigenvalue weighted by atomic mass is 9.63. The standard InChI is InChI=1S/C17H26O2/c1-12-10-14(19-5)6-7-15(12)17(18)9-8-16(3,4)11-13(17)2/h6-7,10,13,18H,8-9,11H2,1-5H3. The minimum absolute atomic E-state index is 0.281. The maximum atomic E-state index is 11.1. The molecule has 0 amide bonds. The second-order valence-corrected chi connectivity index (χ2v) is 6.87. The largest absolute Gasteiger partial charge is 0.497 e. The molecule has 1 aromatic carbocycles. The summed E-state index contributed by atoms with van der Waals surface area (Å²) in [6.45, 7) is 8.82. The number of ether oxygens (including phenoxy) is 1. The van der Waals surface area contributed by atoms with Crippen LogP contribution in [0.4, 0.5) is 0 Å². The van der Waals surface area contributed by atoms with Gasteiger partial charge < -0.3 is 9.84 Å². The Labute approximate surface area is 116 Å². The maximum Gasteiger partial charge on any atom is 0.119 e. The van der Waals surface area contributed by atoms with E-state index in [0.717, 1.165) is 36.1 Å². The first-order chi connectivity index (χ1) is 8.78. The average Bonchev–Trinajstić information content (AvgIpc) is 2.34. The molecular formula is C17H26O2. The molecule has 2 unspecified atom stereocenters. The van der Waals surface area contributed by atoms with Crippen LogP contribution >= 0.6 is 0 Å². The van der Waals surface area contributed by atoms with Crippen molar-refractivity contribution >= 4 is 0 Å². The Bertz CT molecular complexity index is 464. The monoisotopic (exact) mass is 262 g/mol. The molecule has 1 aliphatic carbocycles. The predicted molar refractivity (Wildman–Crippen MR) is 78.4 cm³/mol. The van der Waals surface area contributed by atoms with E-state index in [-0.39, 0.29) is 5.92 Å². The molecule has 0 radical (unpaired) electrons. The van der Waals surface area contributed by atoms with Crippen molar-refractivity contribution < 1.29 is 9.84 Å². The first-order valence-electron chi connectivity index (χ1n) is 7.16. The molecule has 2 heteroatoms. The van der Waals surface area contributed by atoms with Crippen LogP contribution < -0.4 is 4.74 Å². The van der Waals surface area contributed by atoms with Crippen molar-refractivity contribution in [2.45, 2.75) is 52.6 Å². The summed E-state index contributed by atoms with van der Waals surface area (Å²) in [6.07, 6.45) is 2.97. The highest BCUT2D eigenvalue weighted by Gasteiger charge is 2.44. The van der Waals surface area contributed by atoms with Gasteiger partial charge in [-0.25, -0.2) is 0 Å². The number of methoxy groups -OCH3 is 1. The highest BCUT2D eigenvalue weighted by Crippen LogP contribution is 2.49. The summed E-state index contributed by atoms with van der Waals surface area (Å²) >= 11 is 0. The molecule has 2 atom stereocenters. The van der Waals surface area contributed by atoms with E-state index >= 15 is 0 Å². The van der Waals surface area contributed by atoms with E-state index in [2.05, 4.69) is 27.7 Å². The van der Waals surface area contributed by atoms with E-state index in [4.69, 9.17) is 4.74 Å². The normalized spacial score (nSPS) is 30.1. The summed E-state index contributed by atoms with van der Waals surface area (Å²) in [5.74, 6) is 1.14. The molecule has 2 nitrogen and oxygen atoms in total. The Morgan fingerprint density at radius 3 is 2.47 bits per heavy atom. The molecule has 1 aromatic rings. The van der Waals surface area contributed by atoms with Crippen molar-refractivity contribution in [1.29, 1.82) is 0 Å². The van der Waals surface area contributed by atoms with Gasteiger partial charge in [0.1, 0.15) is 5.75 Å². The lowest BCUT2D eigenvalue weighted by molar-refractivity contribution is -0.0774. The summed E-state index contributed by atoms with van der Waals surface area (Å²) in [5, 5.41) is 11.1. The van der Waals surface area contributed by atoms with E-state index in [1.54, 1.807) is 7.11 Å². The summed E-state index contributed by atoms with van der Waals surface area (Å²) in [6, 6.07) is 6.00. The summed E-state index contributed by atoms with van der Waals surface area (Å²) < 4.78 is 5.25. The van der Waals surface area contributed by atoms with Gasteiger partial charge in [0, 0.05) is 0 Å². The molecule has 0 spiro atoms. The lowest BCUT2D eigenvalue weighted by Gasteiger charge is -2.46. The fourth-order valence-corrected chi connectivity index (χ4v) is 3.52. The number of aryl methyl sites for hydroxylation is 1. The van der Waals surface area contributed by atoms with Crippen LogP contribution in [0, 0.1) is 18.3 Å². The highest BCUT2D eigenvalue weighted by molar-refractivity contribution is 5.39. The van der Waals surface area contributed by atoms with E-state index in [1.165, 1.54) is 0 Å². The van der Waals surface area contributed by atoms with Crippen LogP contribution in [0.3, 0.4) is 0 Å². The van der Waals surface area contributed by atoms with Crippen LogP contribution in [0.2, 0.25) is 0 Å². The van der Waals surface area contributed by atoms with Crippen LogP contribution in [0.15, 0.2) is 18.2 Å². The zero-order chi connectivity index (χ0) is 14.3. The molecule has 0 heterocycles. The van der Waals surface area contributed by atoms with E-state index in [0.29, 0.717) is 5.41 Å². The topological polar surface area (TPSA) is 29.5 Å². The Morgan fingerprint density at radius 1 is 1.26 bits per heavy atom. The Kier molecular flexibility index (Phi) is 3.65. The zero-order valence-corrected chi connectivity index (χ0v) is 12.8. The Balaban J connectivity index is 2.35. The van der Waals surface area contributed by atoms with Gasteiger partial charge in [-0.3, -0.25) is 0 Å².